The van der Waals surface area contributed by atoms with Gasteiger partial charge in [-0.3, -0.25) is 0 Å². The van der Waals surface area contributed by atoms with Gasteiger partial charge in [-0.2, -0.15) is 0 Å². The number of hydrogen-bond donors (Lipinski definition) is 2. The van der Waals surface area contributed by atoms with Gasteiger partial charge >= 0.3 is 6.03 Å². The summed E-state index contributed by atoms with van der Waals surface area (Å²) in [6.45, 7) is 2.41. The van der Waals surface area contributed by atoms with Gasteiger partial charge in [0.1, 0.15) is 0 Å². The van der Waals surface area contributed by atoms with Crippen molar-refractivity contribution in [1.82, 2.24) is 10.2 Å². The molecule has 1 unspecified atom stereocenters. The minimum absolute atomic E-state index is 0.00912. The van der Waals surface area contributed by atoms with Crippen LogP contribution in [0.3, 0.4) is 0 Å². The monoisotopic (exact) mass is 199 g/mol. The molecule has 0 radical (unpaired) electrons. The molecule has 0 aromatic heterocycles. The van der Waals surface area contributed by atoms with Crippen LogP contribution in [0.25, 0.3) is 0 Å². The molecule has 1 aliphatic carbocycles. The predicted molar refractivity (Wildman–Crippen MR) is 57.1 cm³/mol. The lowest BCUT2D eigenvalue weighted by molar-refractivity contribution is 0.188. The van der Waals surface area contributed by atoms with Gasteiger partial charge in [-0.1, -0.05) is 12.8 Å². The third kappa shape index (κ3) is 2.87. The first-order valence-electron chi connectivity index (χ1n) is 5.38. The lowest BCUT2D eigenvalue weighted by Crippen LogP contribution is -2.47. The first kappa shape index (κ1) is 11.3. The van der Waals surface area contributed by atoms with E-state index in [1.54, 1.807) is 0 Å². The number of hydrogen-bond acceptors (Lipinski definition) is 2. The van der Waals surface area contributed by atoms with Crippen molar-refractivity contribution in [3.63, 3.8) is 0 Å². The van der Waals surface area contributed by atoms with Crippen molar-refractivity contribution in [2.45, 2.75) is 44.7 Å². The Labute approximate surface area is 85.8 Å². The molecule has 1 atom stereocenters. The molecule has 14 heavy (non-hydrogen) atoms. The van der Waals surface area contributed by atoms with E-state index in [1.807, 2.05) is 18.9 Å². The molecule has 1 saturated carbocycles. The summed E-state index contributed by atoms with van der Waals surface area (Å²) >= 11 is 0. The van der Waals surface area contributed by atoms with Crippen molar-refractivity contribution in [1.29, 1.82) is 0 Å². The highest BCUT2D eigenvalue weighted by atomic mass is 16.2. The van der Waals surface area contributed by atoms with Crippen molar-refractivity contribution in [3.05, 3.63) is 0 Å². The van der Waals surface area contributed by atoms with E-state index in [0.29, 0.717) is 12.6 Å². The summed E-state index contributed by atoms with van der Waals surface area (Å²) in [6.07, 6.45) is 4.77. The predicted octanol–water partition coefficient (Wildman–Crippen LogP) is 0.918. The second-order valence-electron chi connectivity index (χ2n) is 4.14. The van der Waals surface area contributed by atoms with E-state index in [0.717, 1.165) is 12.8 Å². The van der Waals surface area contributed by atoms with Crippen LogP contribution in [0.1, 0.15) is 32.6 Å². The highest BCUT2D eigenvalue weighted by molar-refractivity contribution is 5.74. The Morgan fingerprint density at radius 3 is 2.64 bits per heavy atom. The Morgan fingerprint density at radius 2 is 2.14 bits per heavy atom. The molecule has 82 valence electrons. The normalized spacial score (nSPS) is 19.4. The molecule has 1 fully saturated rings. The topological polar surface area (TPSA) is 58.4 Å². The maximum absolute atomic E-state index is 11.7. The molecule has 0 saturated heterocycles. The highest BCUT2D eigenvalue weighted by Crippen LogP contribution is 2.22. The zero-order valence-corrected chi connectivity index (χ0v) is 9.12. The van der Waals surface area contributed by atoms with Crippen LogP contribution in [0.2, 0.25) is 0 Å². The van der Waals surface area contributed by atoms with Gasteiger partial charge < -0.3 is 16.0 Å². The van der Waals surface area contributed by atoms with Crippen molar-refractivity contribution in [2.75, 3.05) is 13.6 Å². The van der Waals surface area contributed by atoms with Gasteiger partial charge in [0.25, 0.3) is 0 Å². The fourth-order valence-electron chi connectivity index (χ4n) is 1.83. The van der Waals surface area contributed by atoms with Gasteiger partial charge in [0.2, 0.25) is 0 Å². The average molecular weight is 199 g/mol. The molecule has 3 N–H and O–H groups in total. The van der Waals surface area contributed by atoms with Gasteiger partial charge in [-0.15, -0.1) is 0 Å². The average Bonchev–Trinajstić information content (AvgIpc) is 2.69. The number of urea groups is 1. The standard InChI is InChI=1S/C10H21N3O/c1-8(7-11)12-10(14)13(2)9-5-3-4-6-9/h8-9H,3-7,11H2,1-2H3,(H,12,14). The molecule has 0 aromatic rings. The molecule has 0 aliphatic heterocycles. The number of carbonyl (C=O) groups excluding carboxylic acids is 1. The third-order valence-electron chi connectivity index (χ3n) is 2.92. The second kappa shape index (κ2) is 5.20. The van der Waals surface area contributed by atoms with Crippen molar-refractivity contribution in [3.8, 4) is 0 Å². The number of nitrogens with zero attached hydrogens (tertiary/aromatic N) is 1. The molecule has 4 heteroatoms. The van der Waals surface area contributed by atoms with Crippen LogP contribution in [-0.4, -0.2) is 36.6 Å². The third-order valence-corrected chi connectivity index (χ3v) is 2.92. The Balaban J connectivity index is 2.35. The Kier molecular flexibility index (Phi) is 4.20. The number of rotatable bonds is 3. The molecule has 0 heterocycles. The Bertz CT molecular complexity index is 190. The molecule has 1 aliphatic rings. The van der Waals surface area contributed by atoms with E-state index in [1.165, 1.54) is 12.8 Å². The summed E-state index contributed by atoms with van der Waals surface area (Å²) in [5, 5.41) is 2.87. The van der Waals surface area contributed by atoms with E-state index in [2.05, 4.69) is 5.32 Å². The van der Waals surface area contributed by atoms with Crippen LogP contribution in [0, 0.1) is 0 Å². The van der Waals surface area contributed by atoms with Crippen molar-refractivity contribution in [2.24, 2.45) is 5.73 Å². The number of nitrogens with one attached hydrogen (secondary N) is 1. The number of carbonyl (C=O) groups is 1. The first-order valence-corrected chi connectivity index (χ1v) is 5.38. The maximum atomic E-state index is 11.7. The van der Waals surface area contributed by atoms with Crippen LogP contribution in [-0.2, 0) is 0 Å². The summed E-state index contributed by atoms with van der Waals surface area (Å²) in [5.74, 6) is 0. The number of amides is 2. The summed E-state index contributed by atoms with van der Waals surface area (Å²) in [4.78, 5) is 13.5. The van der Waals surface area contributed by atoms with E-state index in [-0.39, 0.29) is 12.1 Å². The van der Waals surface area contributed by atoms with Crippen LogP contribution >= 0.6 is 0 Å². The van der Waals surface area contributed by atoms with Gasteiger partial charge in [-0.05, 0) is 19.8 Å². The van der Waals surface area contributed by atoms with Crippen LogP contribution in [0.15, 0.2) is 0 Å². The SMILES string of the molecule is CC(CN)NC(=O)N(C)C1CCCC1. The maximum Gasteiger partial charge on any atom is 0.317 e. The summed E-state index contributed by atoms with van der Waals surface area (Å²) in [6, 6.07) is 0.501. The van der Waals surface area contributed by atoms with Crippen LogP contribution < -0.4 is 11.1 Å². The Morgan fingerprint density at radius 1 is 1.57 bits per heavy atom. The zero-order chi connectivity index (χ0) is 10.6. The lowest BCUT2D eigenvalue weighted by atomic mass is 10.2. The van der Waals surface area contributed by atoms with Crippen LogP contribution in [0.4, 0.5) is 4.79 Å². The summed E-state index contributed by atoms with van der Waals surface area (Å²) in [7, 11) is 1.87. The van der Waals surface area contributed by atoms with Crippen LogP contribution in [0.5, 0.6) is 0 Å². The van der Waals surface area contributed by atoms with E-state index in [4.69, 9.17) is 5.73 Å². The molecule has 0 bridgehead atoms. The van der Waals surface area contributed by atoms with E-state index >= 15 is 0 Å². The minimum atomic E-state index is 0.00912. The summed E-state index contributed by atoms with van der Waals surface area (Å²) in [5.41, 5.74) is 5.44. The molecule has 4 nitrogen and oxygen atoms in total. The fraction of sp³-hybridized carbons (Fsp3) is 0.900. The summed E-state index contributed by atoms with van der Waals surface area (Å²) < 4.78 is 0. The second-order valence-corrected chi connectivity index (χ2v) is 4.14. The molecule has 0 spiro atoms. The van der Waals surface area contributed by atoms with E-state index in [9.17, 15) is 4.79 Å². The van der Waals surface area contributed by atoms with Gasteiger partial charge in [-0.25, -0.2) is 4.79 Å². The quantitative estimate of drug-likeness (QED) is 0.710. The van der Waals surface area contributed by atoms with Gasteiger partial charge in [0.05, 0.1) is 0 Å². The first-order chi connectivity index (χ1) is 6.65. The smallest absolute Gasteiger partial charge is 0.317 e. The van der Waals surface area contributed by atoms with E-state index < -0.39 is 0 Å². The molecule has 1 rings (SSSR count). The van der Waals surface area contributed by atoms with Crippen molar-refractivity contribution < 1.29 is 4.79 Å². The fourth-order valence-corrected chi connectivity index (χ4v) is 1.83. The molecule has 0 aromatic carbocycles. The number of nitrogens with two attached hydrogens (primary N) is 1. The van der Waals surface area contributed by atoms with Crippen molar-refractivity contribution >= 4 is 6.03 Å². The lowest BCUT2D eigenvalue weighted by Gasteiger charge is -2.26. The minimum Gasteiger partial charge on any atom is -0.334 e. The largest absolute Gasteiger partial charge is 0.334 e. The molecule has 2 amide bonds. The van der Waals surface area contributed by atoms with Gasteiger partial charge in [0, 0.05) is 25.7 Å². The van der Waals surface area contributed by atoms with Gasteiger partial charge in [0.15, 0.2) is 0 Å². The molecular formula is C10H21N3O. The Hall–Kier alpha value is -0.770. The molecular weight excluding hydrogens is 178 g/mol. The highest BCUT2D eigenvalue weighted by Gasteiger charge is 2.23. The zero-order valence-electron chi connectivity index (χ0n) is 9.12.